The number of hydrogen-bond donors (Lipinski definition) is 0. The lowest BCUT2D eigenvalue weighted by atomic mass is 10.1. The van der Waals surface area contributed by atoms with E-state index in [9.17, 15) is 0 Å². The maximum atomic E-state index is 6.01. The van der Waals surface area contributed by atoms with Gasteiger partial charge in [0.15, 0.2) is 6.29 Å². The van der Waals surface area contributed by atoms with Crippen LogP contribution < -0.4 is 4.74 Å². The molecule has 3 rings (SSSR count). The average Bonchev–Trinajstić information content (AvgIpc) is 2.48. The summed E-state index contributed by atoms with van der Waals surface area (Å²) in [7, 11) is 0. The summed E-state index contributed by atoms with van der Waals surface area (Å²) >= 11 is 0. The van der Waals surface area contributed by atoms with Crippen molar-refractivity contribution in [1.29, 1.82) is 0 Å². The third-order valence-corrected chi connectivity index (χ3v) is 3.50. The first kappa shape index (κ1) is 12.2. The highest BCUT2D eigenvalue weighted by atomic mass is 16.7. The average molecular weight is 254 g/mol. The summed E-state index contributed by atoms with van der Waals surface area (Å²) in [6, 6.07) is 12.4. The van der Waals surface area contributed by atoms with Gasteiger partial charge in [-0.15, -0.1) is 0 Å². The van der Waals surface area contributed by atoms with Gasteiger partial charge in [-0.05, 0) is 35.9 Å². The van der Waals surface area contributed by atoms with Crippen molar-refractivity contribution in [2.75, 3.05) is 6.61 Å². The van der Waals surface area contributed by atoms with E-state index in [1.807, 2.05) is 18.2 Å². The molecule has 2 nitrogen and oxygen atoms in total. The summed E-state index contributed by atoms with van der Waals surface area (Å²) in [5.74, 6) is 0.896. The molecule has 1 aliphatic rings. The molecule has 0 amide bonds. The lowest BCUT2D eigenvalue weighted by molar-refractivity contribution is -0.105. The Labute approximate surface area is 113 Å². The molecule has 2 aromatic rings. The van der Waals surface area contributed by atoms with Gasteiger partial charge in [0.2, 0.25) is 0 Å². The van der Waals surface area contributed by atoms with Crippen molar-refractivity contribution in [3.63, 3.8) is 0 Å². The number of ether oxygens (including phenoxy) is 2. The van der Waals surface area contributed by atoms with Crippen molar-refractivity contribution < 1.29 is 9.47 Å². The molecular formula is C17H18O2. The van der Waals surface area contributed by atoms with Crippen molar-refractivity contribution in [2.45, 2.75) is 25.6 Å². The van der Waals surface area contributed by atoms with Crippen LogP contribution in [0.2, 0.25) is 0 Å². The Morgan fingerprint density at radius 3 is 2.95 bits per heavy atom. The summed E-state index contributed by atoms with van der Waals surface area (Å²) in [6.07, 6.45) is 5.03. The summed E-state index contributed by atoms with van der Waals surface area (Å²) in [6.45, 7) is 4.62. The van der Waals surface area contributed by atoms with E-state index >= 15 is 0 Å². The van der Waals surface area contributed by atoms with E-state index in [4.69, 9.17) is 9.47 Å². The van der Waals surface area contributed by atoms with Gasteiger partial charge in [-0.2, -0.15) is 0 Å². The van der Waals surface area contributed by atoms with E-state index in [1.54, 1.807) is 0 Å². The first-order chi connectivity index (χ1) is 9.36. The quantitative estimate of drug-likeness (QED) is 0.808. The van der Waals surface area contributed by atoms with Gasteiger partial charge in [0.25, 0.3) is 0 Å². The Hall–Kier alpha value is -1.80. The standard InChI is InChI=1S/C17H18O2/c1-2-13-9-10-14-6-5-7-16(15(14)12-13)19-17-8-3-4-11-18-17/h2,5-7,9-10,12,17H,1,3-4,8,11H2. The second kappa shape index (κ2) is 5.45. The van der Waals surface area contributed by atoms with E-state index < -0.39 is 0 Å². The molecule has 1 aliphatic heterocycles. The van der Waals surface area contributed by atoms with Crippen molar-refractivity contribution in [3.05, 3.63) is 48.5 Å². The van der Waals surface area contributed by atoms with Crippen LogP contribution in [0.3, 0.4) is 0 Å². The minimum absolute atomic E-state index is 0.105. The Kier molecular flexibility index (Phi) is 3.51. The zero-order valence-corrected chi connectivity index (χ0v) is 11.0. The van der Waals surface area contributed by atoms with E-state index in [-0.39, 0.29) is 6.29 Å². The van der Waals surface area contributed by atoms with Gasteiger partial charge in [-0.3, -0.25) is 0 Å². The zero-order chi connectivity index (χ0) is 13.1. The number of benzene rings is 2. The highest BCUT2D eigenvalue weighted by molar-refractivity contribution is 5.90. The normalized spacial score (nSPS) is 19.3. The largest absolute Gasteiger partial charge is 0.464 e. The predicted octanol–water partition coefficient (Wildman–Crippen LogP) is 4.39. The molecular weight excluding hydrogens is 236 g/mol. The minimum Gasteiger partial charge on any atom is -0.464 e. The van der Waals surface area contributed by atoms with Crippen LogP contribution in [-0.4, -0.2) is 12.9 Å². The van der Waals surface area contributed by atoms with Crippen LogP contribution in [0.25, 0.3) is 16.8 Å². The molecule has 0 bridgehead atoms. The molecule has 1 fully saturated rings. The number of hydrogen-bond acceptors (Lipinski definition) is 2. The minimum atomic E-state index is -0.105. The molecule has 0 saturated carbocycles. The van der Waals surface area contributed by atoms with Gasteiger partial charge in [0.05, 0.1) is 6.61 Å². The first-order valence-corrected chi connectivity index (χ1v) is 6.80. The Bertz CT molecular complexity index is 583. The van der Waals surface area contributed by atoms with Crippen LogP contribution in [-0.2, 0) is 4.74 Å². The van der Waals surface area contributed by atoms with Crippen molar-refractivity contribution >= 4 is 16.8 Å². The van der Waals surface area contributed by atoms with Gasteiger partial charge < -0.3 is 9.47 Å². The molecule has 0 N–H and O–H groups in total. The Balaban J connectivity index is 1.94. The van der Waals surface area contributed by atoms with Crippen molar-refractivity contribution in [3.8, 4) is 5.75 Å². The topological polar surface area (TPSA) is 18.5 Å². The molecule has 0 aliphatic carbocycles. The summed E-state index contributed by atoms with van der Waals surface area (Å²) in [5, 5.41) is 2.30. The van der Waals surface area contributed by atoms with E-state index in [0.717, 1.165) is 36.1 Å². The molecule has 98 valence electrons. The van der Waals surface area contributed by atoms with Gasteiger partial charge in [0.1, 0.15) is 5.75 Å². The van der Waals surface area contributed by atoms with Crippen LogP contribution in [0, 0.1) is 0 Å². The van der Waals surface area contributed by atoms with Gasteiger partial charge in [0, 0.05) is 11.8 Å². The first-order valence-electron chi connectivity index (χ1n) is 6.80. The molecule has 0 radical (unpaired) electrons. The van der Waals surface area contributed by atoms with Crippen LogP contribution in [0.5, 0.6) is 5.75 Å². The molecule has 19 heavy (non-hydrogen) atoms. The predicted molar refractivity (Wildman–Crippen MR) is 78.3 cm³/mol. The third kappa shape index (κ3) is 2.64. The molecule has 1 atom stereocenters. The monoisotopic (exact) mass is 254 g/mol. The second-order valence-corrected chi connectivity index (χ2v) is 4.85. The van der Waals surface area contributed by atoms with Gasteiger partial charge in [-0.1, -0.05) is 36.9 Å². The fraction of sp³-hybridized carbons (Fsp3) is 0.294. The van der Waals surface area contributed by atoms with E-state index in [1.165, 1.54) is 11.8 Å². The number of fused-ring (bicyclic) bond motifs is 1. The number of rotatable bonds is 3. The van der Waals surface area contributed by atoms with Crippen LogP contribution >= 0.6 is 0 Å². The maximum absolute atomic E-state index is 6.01. The molecule has 2 heteroatoms. The van der Waals surface area contributed by atoms with Crippen LogP contribution in [0.1, 0.15) is 24.8 Å². The fourth-order valence-electron chi connectivity index (χ4n) is 2.44. The lowest BCUT2D eigenvalue weighted by Gasteiger charge is -2.24. The maximum Gasteiger partial charge on any atom is 0.199 e. The summed E-state index contributed by atoms with van der Waals surface area (Å²) < 4.78 is 11.7. The van der Waals surface area contributed by atoms with Gasteiger partial charge in [-0.25, -0.2) is 0 Å². The van der Waals surface area contributed by atoms with E-state index in [0.29, 0.717) is 0 Å². The Morgan fingerprint density at radius 1 is 1.21 bits per heavy atom. The second-order valence-electron chi connectivity index (χ2n) is 4.85. The fourth-order valence-corrected chi connectivity index (χ4v) is 2.44. The third-order valence-electron chi connectivity index (χ3n) is 3.50. The summed E-state index contributed by atoms with van der Waals surface area (Å²) in [4.78, 5) is 0. The highest BCUT2D eigenvalue weighted by Gasteiger charge is 2.16. The molecule has 1 heterocycles. The highest BCUT2D eigenvalue weighted by Crippen LogP contribution is 2.29. The lowest BCUT2D eigenvalue weighted by Crippen LogP contribution is -2.25. The van der Waals surface area contributed by atoms with E-state index in [2.05, 4.69) is 30.8 Å². The van der Waals surface area contributed by atoms with Crippen LogP contribution in [0.4, 0.5) is 0 Å². The molecule has 1 saturated heterocycles. The SMILES string of the molecule is C=Cc1ccc2cccc(OC3CCCCO3)c2c1. The van der Waals surface area contributed by atoms with Crippen molar-refractivity contribution in [1.82, 2.24) is 0 Å². The molecule has 2 aromatic carbocycles. The smallest absolute Gasteiger partial charge is 0.199 e. The van der Waals surface area contributed by atoms with Crippen LogP contribution in [0.15, 0.2) is 43.0 Å². The molecule has 0 aromatic heterocycles. The molecule has 0 spiro atoms. The zero-order valence-electron chi connectivity index (χ0n) is 11.0. The Morgan fingerprint density at radius 2 is 2.16 bits per heavy atom. The van der Waals surface area contributed by atoms with Gasteiger partial charge >= 0.3 is 0 Å². The summed E-state index contributed by atoms with van der Waals surface area (Å²) in [5.41, 5.74) is 1.10. The molecule has 1 unspecified atom stereocenters. The van der Waals surface area contributed by atoms with Crippen molar-refractivity contribution in [2.24, 2.45) is 0 Å².